The molecule has 0 aliphatic heterocycles. The molecule has 0 bridgehead atoms. The molecule has 19 heavy (non-hydrogen) atoms. The summed E-state index contributed by atoms with van der Waals surface area (Å²) in [5.74, 6) is -0.576. The van der Waals surface area contributed by atoms with Crippen molar-refractivity contribution in [1.82, 2.24) is 30.0 Å². The van der Waals surface area contributed by atoms with E-state index in [0.717, 1.165) is 0 Å². The van der Waals surface area contributed by atoms with Crippen molar-refractivity contribution in [3.05, 3.63) is 36.4 Å². The first-order chi connectivity index (χ1) is 9.24. The fourth-order valence-corrected chi connectivity index (χ4v) is 1.44. The van der Waals surface area contributed by atoms with Crippen molar-refractivity contribution < 1.29 is 14.6 Å². The van der Waals surface area contributed by atoms with Crippen LogP contribution < -0.4 is 4.74 Å². The summed E-state index contributed by atoms with van der Waals surface area (Å²) >= 11 is 0. The van der Waals surface area contributed by atoms with E-state index >= 15 is 0 Å². The van der Waals surface area contributed by atoms with E-state index < -0.39 is 5.97 Å². The van der Waals surface area contributed by atoms with Crippen LogP contribution >= 0.6 is 0 Å². The summed E-state index contributed by atoms with van der Waals surface area (Å²) in [6.07, 6.45) is 5.50. The molecule has 3 aromatic rings. The van der Waals surface area contributed by atoms with Crippen LogP contribution in [-0.2, 0) is 0 Å². The Morgan fingerprint density at radius 3 is 2.89 bits per heavy atom. The van der Waals surface area contributed by atoms with Crippen molar-refractivity contribution in [2.45, 2.75) is 0 Å². The first kappa shape index (κ1) is 11.0. The van der Waals surface area contributed by atoms with Crippen molar-refractivity contribution in [3.8, 4) is 11.6 Å². The number of ether oxygens (including phenoxy) is 1. The number of aromatic carboxylic acids is 1. The second kappa shape index (κ2) is 4.29. The molecule has 0 saturated carbocycles. The molecule has 0 amide bonds. The summed E-state index contributed by atoms with van der Waals surface area (Å²) < 4.78 is 6.81. The van der Waals surface area contributed by atoms with Crippen LogP contribution in [0.1, 0.15) is 10.4 Å². The molecular formula is C10H6N6O3. The second-order valence-corrected chi connectivity index (χ2v) is 3.51. The Bertz CT molecular complexity index is 756. The number of tetrazole rings is 1. The number of rotatable bonds is 3. The van der Waals surface area contributed by atoms with Crippen LogP contribution in [-0.4, -0.2) is 41.1 Å². The predicted octanol–water partition coefficient (Wildman–Crippen LogP) is 0.405. The average Bonchev–Trinajstić information content (AvgIpc) is 2.88. The average molecular weight is 258 g/mol. The molecule has 0 saturated heterocycles. The minimum Gasteiger partial charge on any atom is -0.478 e. The smallest absolute Gasteiger partial charge is 0.337 e. The van der Waals surface area contributed by atoms with Gasteiger partial charge < -0.3 is 9.84 Å². The Hall–Kier alpha value is -3.10. The van der Waals surface area contributed by atoms with Crippen LogP contribution in [0.2, 0.25) is 0 Å². The highest BCUT2D eigenvalue weighted by molar-refractivity contribution is 5.87. The van der Waals surface area contributed by atoms with E-state index in [1.807, 2.05) is 0 Å². The number of hydrogen-bond acceptors (Lipinski definition) is 7. The highest BCUT2D eigenvalue weighted by atomic mass is 16.5. The number of aromatic nitrogens is 6. The highest BCUT2D eigenvalue weighted by Gasteiger charge is 2.09. The quantitative estimate of drug-likeness (QED) is 0.717. The van der Waals surface area contributed by atoms with Gasteiger partial charge in [-0.2, -0.15) is 4.52 Å². The molecule has 1 N–H and O–H groups in total. The van der Waals surface area contributed by atoms with Crippen LogP contribution in [0, 0.1) is 0 Å². The summed E-state index contributed by atoms with van der Waals surface area (Å²) in [4.78, 5) is 18.5. The van der Waals surface area contributed by atoms with Crippen molar-refractivity contribution >= 4 is 11.6 Å². The number of fused-ring (bicyclic) bond motifs is 1. The lowest BCUT2D eigenvalue weighted by Gasteiger charge is -2.05. The predicted molar refractivity (Wildman–Crippen MR) is 59.8 cm³/mol. The molecule has 0 aliphatic rings. The van der Waals surface area contributed by atoms with Crippen LogP contribution in [0.15, 0.2) is 30.9 Å². The Kier molecular flexibility index (Phi) is 2.49. The standard InChI is InChI=1S/C10H6N6O3/c17-10(18)6-1-7(3-11-2-6)19-9-5-12-4-8-13-14-15-16(8)9/h1-5H,(H,17,18). The zero-order valence-corrected chi connectivity index (χ0v) is 9.33. The monoisotopic (exact) mass is 258 g/mol. The number of pyridine rings is 1. The zero-order valence-electron chi connectivity index (χ0n) is 9.33. The van der Waals surface area contributed by atoms with E-state index in [-0.39, 0.29) is 17.2 Å². The summed E-state index contributed by atoms with van der Waals surface area (Å²) in [7, 11) is 0. The zero-order chi connectivity index (χ0) is 13.2. The maximum atomic E-state index is 10.8. The number of nitrogens with zero attached hydrogens (tertiary/aromatic N) is 6. The highest BCUT2D eigenvalue weighted by Crippen LogP contribution is 2.20. The van der Waals surface area contributed by atoms with E-state index in [9.17, 15) is 4.79 Å². The minimum atomic E-state index is -1.09. The molecular weight excluding hydrogens is 252 g/mol. The van der Waals surface area contributed by atoms with E-state index in [4.69, 9.17) is 9.84 Å². The molecule has 3 aromatic heterocycles. The van der Waals surface area contributed by atoms with E-state index in [2.05, 4.69) is 25.5 Å². The first-order valence-corrected chi connectivity index (χ1v) is 5.12. The number of carboxylic acid groups (broad SMARTS) is 1. The molecule has 0 aromatic carbocycles. The molecule has 0 radical (unpaired) electrons. The maximum absolute atomic E-state index is 10.8. The van der Waals surface area contributed by atoms with Crippen LogP contribution in [0.4, 0.5) is 0 Å². The molecule has 9 nitrogen and oxygen atoms in total. The molecule has 0 unspecified atom stereocenters. The normalized spacial score (nSPS) is 10.5. The maximum Gasteiger partial charge on any atom is 0.337 e. The molecule has 0 aliphatic carbocycles. The van der Waals surface area contributed by atoms with Gasteiger partial charge in [0, 0.05) is 6.20 Å². The summed E-state index contributed by atoms with van der Waals surface area (Å²) in [6.45, 7) is 0. The molecule has 9 heteroatoms. The van der Waals surface area contributed by atoms with Gasteiger partial charge >= 0.3 is 5.97 Å². The Balaban J connectivity index is 1.99. The number of hydrogen-bond donors (Lipinski definition) is 1. The van der Waals surface area contributed by atoms with Gasteiger partial charge in [0.15, 0.2) is 0 Å². The van der Waals surface area contributed by atoms with Crippen molar-refractivity contribution in [1.29, 1.82) is 0 Å². The summed E-state index contributed by atoms with van der Waals surface area (Å²) in [6, 6.07) is 1.35. The Morgan fingerprint density at radius 2 is 2.05 bits per heavy atom. The van der Waals surface area contributed by atoms with Gasteiger partial charge in [0.25, 0.3) is 0 Å². The fraction of sp³-hybridized carbons (Fsp3) is 0. The second-order valence-electron chi connectivity index (χ2n) is 3.51. The molecule has 0 fully saturated rings. The van der Waals surface area contributed by atoms with Gasteiger partial charge in [0.1, 0.15) is 5.75 Å². The van der Waals surface area contributed by atoms with Crippen molar-refractivity contribution in [2.75, 3.05) is 0 Å². The van der Waals surface area contributed by atoms with Gasteiger partial charge in [0.05, 0.1) is 24.2 Å². The summed E-state index contributed by atoms with van der Waals surface area (Å²) in [5, 5.41) is 19.8. The Morgan fingerprint density at radius 1 is 1.21 bits per heavy atom. The van der Waals surface area contributed by atoms with Gasteiger partial charge in [-0.1, -0.05) is 0 Å². The lowest BCUT2D eigenvalue weighted by molar-refractivity contribution is 0.0696. The van der Waals surface area contributed by atoms with Gasteiger partial charge in [-0.25, -0.2) is 4.79 Å². The van der Waals surface area contributed by atoms with Crippen LogP contribution in [0.25, 0.3) is 5.65 Å². The Labute approximate surface area is 105 Å². The lowest BCUT2D eigenvalue weighted by atomic mass is 10.3. The van der Waals surface area contributed by atoms with E-state index in [0.29, 0.717) is 5.65 Å². The van der Waals surface area contributed by atoms with E-state index in [1.165, 1.54) is 35.4 Å². The SMILES string of the molecule is O=C(O)c1cncc(Oc2cncc3nnnn23)c1. The molecule has 3 rings (SSSR count). The third-order valence-electron chi connectivity index (χ3n) is 2.26. The fourth-order valence-electron chi connectivity index (χ4n) is 1.44. The lowest BCUT2D eigenvalue weighted by Crippen LogP contribution is -2.00. The van der Waals surface area contributed by atoms with Crippen LogP contribution in [0.5, 0.6) is 11.6 Å². The van der Waals surface area contributed by atoms with E-state index in [1.54, 1.807) is 0 Å². The molecule has 0 atom stereocenters. The number of carbonyl (C=O) groups is 1. The van der Waals surface area contributed by atoms with Crippen molar-refractivity contribution in [3.63, 3.8) is 0 Å². The number of carboxylic acids is 1. The third kappa shape index (κ3) is 2.04. The summed E-state index contributed by atoms with van der Waals surface area (Å²) in [5.41, 5.74) is 0.439. The van der Waals surface area contributed by atoms with Gasteiger partial charge in [-0.15, -0.1) is 5.10 Å². The van der Waals surface area contributed by atoms with Crippen molar-refractivity contribution in [2.24, 2.45) is 0 Å². The third-order valence-corrected chi connectivity index (χ3v) is 2.26. The minimum absolute atomic E-state index is 0.0225. The largest absolute Gasteiger partial charge is 0.478 e. The van der Waals surface area contributed by atoms with Crippen LogP contribution in [0.3, 0.4) is 0 Å². The topological polar surface area (TPSA) is 115 Å². The van der Waals surface area contributed by atoms with Gasteiger partial charge in [0.2, 0.25) is 11.5 Å². The first-order valence-electron chi connectivity index (χ1n) is 5.12. The van der Waals surface area contributed by atoms with Gasteiger partial charge in [-0.3, -0.25) is 9.97 Å². The van der Waals surface area contributed by atoms with Gasteiger partial charge in [-0.05, 0) is 16.5 Å². The molecule has 94 valence electrons. The molecule has 0 spiro atoms. The molecule has 3 heterocycles.